The fraction of sp³-hybridized carbons (Fsp3) is 0.360. The number of hydrogen-bond acceptors (Lipinski definition) is 6. The molecule has 1 aliphatic heterocycles. The van der Waals surface area contributed by atoms with E-state index in [1.807, 2.05) is 32.0 Å². The first-order chi connectivity index (χ1) is 15.4. The van der Waals surface area contributed by atoms with Gasteiger partial charge < -0.3 is 24.2 Å². The first-order valence-electron chi connectivity index (χ1n) is 10.6. The second-order valence-electron chi connectivity index (χ2n) is 7.54. The van der Waals surface area contributed by atoms with E-state index >= 15 is 0 Å². The number of likely N-dealkylation sites (tertiary alicyclic amines) is 1. The molecular weight excluding hydrogens is 410 g/mol. The average molecular weight is 440 g/mol. The van der Waals surface area contributed by atoms with E-state index in [-0.39, 0.29) is 11.3 Å². The molecule has 7 nitrogen and oxygen atoms in total. The first kappa shape index (κ1) is 23.3. The molecule has 1 heterocycles. The molecule has 0 bridgehead atoms. The molecule has 7 heteroatoms. The number of ketones is 1. The maximum absolute atomic E-state index is 13.1. The summed E-state index contributed by atoms with van der Waals surface area (Å²) >= 11 is 0. The summed E-state index contributed by atoms with van der Waals surface area (Å²) in [5.74, 6) is -0.510. The van der Waals surface area contributed by atoms with Crippen molar-refractivity contribution >= 4 is 17.4 Å². The van der Waals surface area contributed by atoms with Crippen molar-refractivity contribution in [1.82, 2.24) is 4.90 Å². The second kappa shape index (κ2) is 10.3. The topological polar surface area (TPSA) is 85.3 Å². The van der Waals surface area contributed by atoms with E-state index in [0.29, 0.717) is 48.8 Å². The van der Waals surface area contributed by atoms with Crippen LogP contribution in [0.1, 0.15) is 36.1 Å². The summed E-state index contributed by atoms with van der Waals surface area (Å²) in [5.41, 5.74) is 2.01. The van der Waals surface area contributed by atoms with Crippen molar-refractivity contribution in [2.24, 2.45) is 0 Å². The van der Waals surface area contributed by atoms with Crippen LogP contribution in [0.3, 0.4) is 0 Å². The van der Waals surface area contributed by atoms with Crippen LogP contribution in [-0.4, -0.2) is 55.7 Å². The van der Waals surface area contributed by atoms with Gasteiger partial charge in [-0.15, -0.1) is 0 Å². The van der Waals surface area contributed by atoms with Gasteiger partial charge in [-0.1, -0.05) is 23.8 Å². The largest absolute Gasteiger partial charge is 0.507 e. The highest BCUT2D eigenvalue weighted by atomic mass is 16.5. The number of aliphatic hydroxyl groups excluding tert-OH is 1. The molecule has 1 atom stereocenters. The van der Waals surface area contributed by atoms with Crippen LogP contribution in [0.2, 0.25) is 0 Å². The predicted molar refractivity (Wildman–Crippen MR) is 121 cm³/mol. The Balaban J connectivity index is 2.15. The highest BCUT2D eigenvalue weighted by molar-refractivity contribution is 6.46. The van der Waals surface area contributed by atoms with Crippen molar-refractivity contribution in [2.45, 2.75) is 26.3 Å². The summed E-state index contributed by atoms with van der Waals surface area (Å²) in [6.07, 6.45) is 0.560. The number of amides is 1. The number of ether oxygens (including phenoxy) is 3. The van der Waals surface area contributed by atoms with Crippen LogP contribution in [0.4, 0.5) is 0 Å². The maximum atomic E-state index is 13.1. The minimum atomic E-state index is -0.729. The molecule has 0 spiro atoms. The molecular formula is C25H29NO6. The van der Waals surface area contributed by atoms with Gasteiger partial charge in [0, 0.05) is 20.3 Å². The molecule has 3 rings (SSSR count). The van der Waals surface area contributed by atoms with Gasteiger partial charge in [0.2, 0.25) is 0 Å². The number of carbonyl (C=O) groups is 2. The lowest BCUT2D eigenvalue weighted by Gasteiger charge is -2.25. The van der Waals surface area contributed by atoms with Crippen molar-refractivity contribution in [1.29, 1.82) is 0 Å². The molecule has 2 aromatic carbocycles. The summed E-state index contributed by atoms with van der Waals surface area (Å²) in [4.78, 5) is 27.5. The number of methoxy groups -OCH3 is 2. The van der Waals surface area contributed by atoms with Gasteiger partial charge in [0.15, 0.2) is 0 Å². The number of Topliss-reactive ketones (excluding diaryl/α,β-unsaturated/α-hetero) is 1. The van der Waals surface area contributed by atoms with Crippen molar-refractivity contribution < 1.29 is 28.9 Å². The van der Waals surface area contributed by atoms with Crippen LogP contribution in [0, 0.1) is 6.92 Å². The van der Waals surface area contributed by atoms with Gasteiger partial charge in [-0.2, -0.15) is 0 Å². The van der Waals surface area contributed by atoms with Crippen LogP contribution >= 0.6 is 0 Å². The van der Waals surface area contributed by atoms with Gasteiger partial charge in [0.1, 0.15) is 17.3 Å². The molecule has 0 aromatic heterocycles. The zero-order valence-electron chi connectivity index (χ0n) is 18.9. The Morgan fingerprint density at radius 1 is 1.09 bits per heavy atom. The smallest absolute Gasteiger partial charge is 0.295 e. The molecule has 0 aliphatic carbocycles. The molecule has 0 saturated carbocycles. The molecule has 1 unspecified atom stereocenters. The van der Waals surface area contributed by atoms with E-state index in [0.717, 1.165) is 5.56 Å². The highest BCUT2D eigenvalue weighted by Crippen LogP contribution is 2.41. The minimum absolute atomic E-state index is 0.0421. The molecule has 0 radical (unpaired) electrons. The third kappa shape index (κ3) is 4.62. The van der Waals surface area contributed by atoms with Crippen molar-refractivity contribution in [3.05, 3.63) is 64.7 Å². The number of hydrogen-bond donors (Lipinski definition) is 1. The van der Waals surface area contributed by atoms with Gasteiger partial charge in [0.05, 0.1) is 30.9 Å². The Morgan fingerprint density at radius 3 is 2.44 bits per heavy atom. The highest BCUT2D eigenvalue weighted by Gasteiger charge is 2.46. The number of aryl methyl sites for hydroxylation is 1. The summed E-state index contributed by atoms with van der Waals surface area (Å²) in [5, 5.41) is 11.3. The lowest BCUT2D eigenvalue weighted by molar-refractivity contribution is -0.140. The SMILES string of the molecule is CCOc1ccc(C2/C(=C(\O)c3cc(C)ccc3OC)C(=O)C(=O)N2CCCOC)cc1. The normalized spacial score (nSPS) is 17.6. The molecule has 1 aliphatic rings. The Bertz CT molecular complexity index is 1010. The van der Waals surface area contributed by atoms with Gasteiger partial charge in [-0.25, -0.2) is 0 Å². The summed E-state index contributed by atoms with van der Waals surface area (Å²) in [6.45, 7) is 5.07. The molecule has 32 heavy (non-hydrogen) atoms. The van der Waals surface area contributed by atoms with E-state index in [2.05, 4.69) is 0 Å². The van der Waals surface area contributed by atoms with E-state index in [9.17, 15) is 14.7 Å². The van der Waals surface area contributed by atoms with Crippen LogP contribution < -0.4 is 9.47 Å². The second-order valence-corrected chi connectivity index (χ2v) is 7.54. The molecule has 1 saturated heterocycles. The number of rotatable bonds is 9. The van der Waals surface area contributed by atoms with E-state index < -0.39 is 17.7 Å². The maximum Gasteiger partial charge on any atom is 0.295 e. The third-order valence-corrected chi connectivity index (χ3v) is 5.40. The fourth-order valence-electron chi connectivity index (χ4n) is 3.90. The summed E-state index contributed by atoms with van der Waals surface area (Å²) in [6, 6.07) is 11.8. The number of aliphatic hydroxyl groups is 1. The van der Waals surface area contributed by atoms with Gasteiger partial charge >= 0.3 is 0 Å². The molecule has 1 amide bonds. The summed E-state index contributed by atoms with van der Waals surface area (Å²) in [7, 11) is 3.08. The molecule has 1 fully saturated rings. The molecule has 2 aromatic rings. The fourth-order valence-corrected chi connectivity index (χ4v) is 3.90. The van der Waals surface area contributed by atoms with Crippen LogP contribution in [0.5, 0.6) is 11.5 Å². The first-order valence-corrected chi connectivity index (χ1v) is 10.6. The van der Waals surface area contributed by atoms with Gasteiger partial charge in [0.25, 0.3) is 11.7 Å². The lowest BCUT2D eigenvalue weighted by atomic mass is 9.94. The number of nitrogens with zero attached hydrogens (tertiary/aromatic N) is 1. The van der Waals surface area contributed by atoms with Crippen LogP contribution in [0.15, 0.2) is 48.0 Å². The standard InChI is InChI=1S/C25H29NO6/c1-5-32-18-10-8-17(9-11-18)22-21(24(28)25(29)26(22)13-6-14-30-3)23(27)19-15-16(2)7-12-20(19)31-4/h7-12,15,22,27H,5-6,13-14H2,1-4H3/b23-21+. The Hall–Kier alpha value is -3.32. The Labute approximate surface area is 188 Å². The van der Waals surface area contributed by atoms with Crippen LogP contribution in [-0.2, 0) is 14.3 Å². The van der Waals surface area contributed by atoms with E-state index in [1.165, 1.54) is 12.0 Å². The third-order valence-electron chi connectivity index (χ3n) is 5.40. The van der Waals surface area contributed by atoms with Crippen molar-refractivity contribution in [3.63, 3.8) is 0 Å². The zero-order valence-corrected chi connectivity index (χ0v) is 18.9. The minimum Gasteiger partial charge on any atom is -0.507 e. The predicted octanol–water partition coefficient (Wildman–Crippen LogP) is 3.86. The number of carbonyl (C=O) groups excluding carboxylic acids is 2. The summed E-state index contributed by atoms with van der Waals surface area (Å²) < 4.78 is 16.0. The van der Waals surface area contributed by atoms with Gasteiger partial charge in [-0.3, -0.25) is 9.59 Å². The van der Waals surface area contributed by atoms with Gasteiger partial charge in [-0.05, 0) is 50.1 Å². The Kier molecular flexibility index (Phi) is 7.53. The Morgan fingerprint density at radius 2 is 1.81 bits per heavy atom. The molecule has 1 N–H and O–H groups in total. The number of benzene rings is 2. The monoisotopic (exact) mass is 439 g/mol. The van der Waals surface area contributed by atoms with Crippen molar-refractivity contribution in [3.8, 4) is 11.5 Å². The van der Waals surface area contributed by atoms with E-state index in [4.69, 9.17) is 14.2 Å². The van der Waals surface area contributed by atoms with E-state index in [1.54, 1.807) is 31.4 Å². The zero-order chi connectivity index (χ0) is 23.3. The average Bonchev–Trinajstić information content (AvgIpc) is 3.04. The molecule has 170 valence electrons. The quantitative estimate of drug-likeness (QED) is 0.276. The lowest BCUT2D eigenvalue weighted by Crippen LogP contribution is -2.31. The van der Waals surface area contributed by atoms with Crippen molar-refractivity contribution in [2.75, 3.05) is 34.0 Å². The van der Waals surface area contributed by atoms with Crippen LogP contribution in [0.25, 0.3) is 5.76 Å².